The number of benzene rings is 1. The van der Waals surface area contributed by atoms with E-state index in [9.17, 15) is 0 Å². The first kappa shape index (κ1) is 13.6. The number of hydrogen-bond acceptors (Lipinski definition) is 2. The Morgan fingerprint density at radius 1 is 1.17 bits per heavy atom. The maximum absolute atomic E-state index is 5.51. The van der Waals surface area contributed by atoms with Crippen molar-refractivity contribution in [3.63, 3.8) is 0 Å². The van der Waals surface area contributed by atoms with Crippen molar-refractivity contribution in [2.45, 2.75) is 38.7 Å². The summed E-state index contributed by atoms with van der Waals surface area (Å²) in [5.74, 6) is 0.854. The number of hydrogen-bond donors (Lipinski definition) is 1. The van der Waals surface area contributed by atoms with Crippen molar-refractivity contribution in [1.29, 1.82) is 0 Å². The van der Waals surface area contributed by atoms with Crippen LogP contribution in [0.25, 0.3) is 0 Å². The lowest BCUT2D eigenvalue weighted by atomic mass is 9.89. The van der Waals surface area contributed by atoms with Gasteiger partial charge in [0.25, 0.3) is 0 Å². The van der Waals surface area contributed by atoms with Crippen LogP contribution >= 0.6 is 0 Å². The smallest absolute Gasteiger partial charge is 0.0871 e. The van der Waals surface area contributed by atoms with Crippen LogP contribution in [0.3, 0.4) is 0 Å². The molecule has 0 spiro atoms. The molecule has 2 heteroatoms. The predicted octanol–water partition coefficient (Wildman–Crippen LogP) is 3.11. The second kappa shape index (κ2) is 5.85. The largest absolute Gasteiger partial charge is 0.374 e. The molecule has 1 aliphatic rings. The highest BCUT2D eigenvalue weighted by Gasteiger charge is 2.19. The molecule has 1 aliphatic heterocycles. The Morgan fingerprint density at radius 3 is 2.33 bits per heavy atom. The summed E-state index contributed by atoms with van der Waals surface area (Å²) >= 11 is 0. The van der Waals surface area contributed by atoms with Gasteiger partial charge in [-0.1, -0.05) is 24.3 Å². The van der Waals surface area contributed by atoms with E-state index in [4.69, 9.17) is 4.74 Å². The monoisotopic (exact) mass is 247 g/mol. The van der Waals surface area contributed by atoms with Gasteiger partial charge in [-0.3, -0.25) is 0 Å². The third kappa shape index (κ3) is 3.33. The summed E-state index contributed by atoms with van der Waals surface area (Å²) < 4.78 is 5.51. The Labute approximate surface area is 111 Å². The van der Waals surface area contributed by atoms with E-state index in [0.29, 0.717) is 0 Å². The molecule has 0 aromatic heterocycles. The Balaban J connectivity index is 1.99. The van der Waals surface area contributed by atoms with Crippen molar-refractivity contribution in [2.24, 2.45) is 5.92 Å². The molecule has 1 fully saturated rings. The van der Waals surface area contributed by atoms with Crippen LogP contribution in [0.2, 0.25) is 0 Å². The van der Waals surface area contributed by atoms with Gasteiger partial charge >= 0.3 is 0 Å². The van der Waals surface area contributed by atoms with Gasteiger partial charge in [0, 0.05) is 7.11 Å². The van der Waals surface area contributed by atoms with E-state index in [1.54, 1.807) is 7.11 Å². The van der Waals surface area contributed by atoms with Crippen LogP contribution in [-0.2, 0) is 16.8 Å². The van der Waals surface area contributed by atoms with Gasteiger partial charge in [-0.15, -0.1) is 0 Å². The molecule has 1 N–H and O–H groups in total. The van der Waals surface area contributed by atoms with Crippen LogP contribution in [0.1, 0.15) is 37.8 Å². The van der Waals surface area contributed by atoms with Crippen LogP contribution < -0.4 is 5.32 Å². The highest BCUT2D eigenvalue weighted by atomic mass is 16.5. The molecule has 0 bridgehead atoms. The molecule has 1 saturated heterocycles. The molecule has 0 saturated carbocycles. The summed E-state index contributed by atoms with van der Waals surface area (Å²) in [6.07, 6.45) is 3.84. The van der Waals surface area contributed by atoms with Gasteiger partial charge in [-0.25, -0.2) is 0 Å². The number of rotatable bonds is 4. The van der Waals surface area contributed by atoms with Crippen LogP contribution in [0, 0.1) is 5.92 Å². The molecule has 1 heterocycles. The molecule has 0 aliphatic carbocycles. The highest BCUT2D eigenvalue weighted by molar-refractivity contribution is 5.26. The quantitative estimate of drug-likeness (QED) is 0.882. The second-order valence-corrected chi connectivity index (χ2v) is 5.81. The normalized spacial score (nSPS) is 17.9. The van der Waals surface area contributed by atoms with Gasteiger partial charge in [0.15, 0.2) is 0 Å². The predicted molar refractivity (Wildman–Crippen MR) is 75.8 cm³/mol. The van der Waals surface area contributed by atoms with Crippen LogP contribution in [0.5, 0.6) is 0 Å². The van der Waals surface area contributed by atoms with E-state index >= 15 is 0 Å². The van der Waals surface area contributed by atoms with Crippen molar-refractivity contribution in [3.05, 3.63) is 35.4 Å². The number of nitrogens with one attached hydrogen (secondary N) is 1. The second-order valence-electron chi connectivity index (χ2n) is 5.81. The fourth-order valence-corrected chi connectivity index (χ4v) is 2.58. The van der Waals surface area contributed by atoms with Crippen molar-refractivity contribution < 1.29 is 4.74 Å². The van der Waals surface area contributed by atoms with Gasteiger partial charge in [0.2, 0.25) is 0 Å². The lowest BCUT2D eigenvalue weighted by molar-refractivity contribution is 0.0192. The first-order valence-electron chi connectivity index (χ1n) is 6.97. The molecular formula is C16H25NO. The maximum Gasteiger partial charge on any atom is 0.0871 e. The Kier molecular flexibility index (Phi) is 4.41. The minimum Gasteiger partial charge on any atom is -0.374 e. The zero-order valence-corrected chi connectivity index (χ0v) is 11.8. The summed E-state index contributed by atoms with van der Waals surface area (Å²) in [6.45, 7) is 6.57. The van der Waals surface area contributed by atoms with Crippen LogP contribution in [0.4, 0.5) is 0 Å². The fourth-order valence-electron chi connectivity index (χ4n) is 2.58. The Bertz CT molecular complexity index is 363. The Morgan fingerprint density at radius 2 is 1.78 bits per heavy atom. The average Bonchev–Trinajstić information content (AvgIpc) is 2.40. The molecule has 2 rings (SSSR count). The molecule has 1 aromatic carbocycles. The molecule has 2 nitrogen and oxygen atoms in total. The Hall–Kier alpha value is -0.860. The molecule has 18 heavy (non-hydrogen) atoms. The SMILES string of the molecule is COC(C)(C)c1ccc(CC2CCNCC2)cc1. The molecule has 0 atom stereocenters. The van der Waals surface area contributed by atoms with E-state index in [1.165, 1.54) is 43.5 Å². The number of piperidine rings is 1. The maximum atomic E-state index is 5.51. The molecule has 1 aromatic rings. The number of methoxy groups -OCH3 is 1. The summed E-state index contributed by atoms with van der Waals surface area (Å²) in [5, 5.41) is 3.42. The summed E-state index contributed by atoms with van der Waals surface area (Å²) in [6, 6.07) is 8.94. The van der Waals surface area contributed by atoms with Crippen LogP contribution in [0.15, 0.2) is 24.3 Å². The first-order chi connectivity index (χ1) is 8.62. The van der Waals surface area contributed by atoms with E-state index in [2.05, 4.69) is 43.4 Å². The zero-order valence-electron chi connectivity index (χ0n) is 11.8. The lowest BCUT2D eigenvalue weighted by Gasteiger charge is -2.25. The molecule has 0 amide bonds. The summed E-state index contributed by atoms with van der Waals surface area (Å²) in [7, 11) is 1.77. The van der Waals surface area contributed by atoms with Crippen molar-refractivity contribution in [1.82, 2.24) is 5.32 Å². The summed E-state index contributed by atoms with van der Waals surface area (Å²) in [5.41, 5.74) is 2.52. The first-order valence-corrected chi connectivity index (χ1v) is 6.97. The van der Waals surface area contributed by atoms with E-state index in [1.807, 2.05) is 0 Å². The van der Waals surface area contributed by atoms with Gasteiger partial charge in [0.1, 0.15) is 0 Å². The standard InChI is InChI=1S/C16H25NO/c1-16(2,18-3)15-6-4-13(5-7-15)12-14-8-10-17-11-9-14/h4-7,14,17H,8-12H2,1-3H3. The zero-order chi connectivity index (χ0) is 13.0. The van der Waals surface area contributed by atoms with Crippen molar-refractivity contribution in [2.75, 3.05) is 20.2 Å². The summed E-state index contributed by atoms with van der Waals surface area (Å²) in [4.78, 5) is 0. The lowest BCUT2D eigenvalue weighted by Crippen LogP contribution is -2.28. The third-order valence-electron chi connectivity index (χ3n) is 4.14. The molecule has 0 radical (unpaired) electrons. The van der Waals surface area contributed by atoms with E-state index in [0.717, 1.165) is 5.92 Å². The van der Waals surface area contributed by atoms with Gasteiger partial charge in [-0.05, 0) is 63.2 Å². The van der Waals surface area contributed by atoms with Gasteiger partial charge in [-0.2, -0.15) is 0 Å². The van der Waals surface area contributed by atoms with Gasteiger partial charge in [0.05, 0.1) is 5.60 Å². The number of ether oxygens (including phenoxy) is 1. The molecular weight excluding hydrogens is 222 g/mol. The highest BCUT2D eigenvalue weighted by Crippen LogP contribution is 2.25. The minimum absolute atomic E-state index is 0.187. The van der Waals surface area contributed by atoms with E-state index in [-0.39, 0.29) is 5.60 Å². The average molecular weight is 247 g/mol. The van der Waals surface area contributed by atoms with E-state index < -0.39 is 0 Å². The fraction of sp³-hybridized carbons (Fsp3) is 0.625. The van der Waals surface area contributed by atoms with Gasteiger partial charge < -0.3 is 10.1 Å². The molecule has 0 unspecified atom stereocenters. The minimum atomic E-state index is -0.187. The van der Waals surface area contributed by atoms with Crippen LogP contribution in [-0.4, -0.2) is 20.2 Å². The van der Waals surface area contributed by atoms with Crippen molar-refractivity contribution in [3.8, 4) is 0 Å². The topological polar surface area (TPSA) is 21.3 Å². The molecule has 100 valence electrons. The van der Waals surface area contributed by atoms with Crippen molar-refractivity contribution >= 4 is 0 Å². The third-order valence-corrected chi connectivity index (χ3v) is 4.14.